The van der Waals surface area contributed by atoms with E-state index in [1.165, 1.54) is 13.2 Å². The molecule has 0 unspecified atom stereocenters. The number of hydrogen-bond donors (Lipinski definition) is 1. The average Bonchev–Trinajstić information content (AvgIpc) is 3.21. The monoisotopic (exact) mass is 356 g/mol. The molecule has 3 rings (SSSR count). The van der Waals surface area contributed by atoms with E-state index in [0.29, 0.717) is 22.4 Å². The van der Waals surface area contributed by atoms with Gasteiger partial charge in [0.25, 0.3) is 5.91 Å². The van der Waals surface area contributed by atoms with E-state index < -0.39 is 5.82 Å². The Hall–Kier alpha value is -2.89. The van der Waals surface area contributed by atoms with E-state index in [1.807, 2.05) is 0 Å². The van der Waals surface area contributed by atoms with Crippen LogP contribution in [0.1, 0.15) is 23.2 Å². The summed E-state index contributed by atoms with van der Waals surface area (Å²) in [4.78, 5) is 25.9. The number of amides is 2. The molecule has 0 bridgehead atoms. The van der Waals surface area contributed by atoms with Crippen molar-refractivity contribution in [3.63, 3.8) is 0 Å². The highest BCUT2D eigenvalue weighted by molar-refractivity contribution is 5.96. The van der Waals surface area contributed by atoms with Crippen LogP contribution in [0.25, 0.3) is 11.1 Å². The first-order chi connectivity index (χ1) is 12.6. The van der Waals surface area contributed by atoms with Crippen molar-refractivity contribution in [2.45, 2.75) is 12.8 Å². The van der Waals surface area contributed by atoms with E-state index in [0.717, 1.165) is 25.9 Å². The van der Waals surface area contributed by atoms with Gasteiger partial charge in [0.1, 0.15) is 11.6 Å². The summed E-state index contributed by atoms with van der Waals surface area (Å²) in [6.07, 6.45) is 2.03. The quantitative estimate of drug-likeness (QED) is 0.896. The molecule has 2 aromatic carbocycles. The lowest BCUT2D eigenvalue weighted by molar-refractivity contribution is -0.129. The molecule has 0 atom stereocenters. The Morgan fingerprint density at radius 3 is 2.42 bits per heavy atom. The molecule has 1 heterocycles. The molecule has 2 amide bonds. The molecule has 6 heteroatoms. The topological polar surface area (TPSA) is 58.6 Å². The van der Waals surface area contributed by atoms with Gasteiger partial charge in [-0.25, -0.2) is 4.39 Å². The zero-order valence-electron chi connectivity index (χ0n) is 14.6. The van der Waals surface area contributed by atoms with Crippen LogP contribution in [0, 0.1) is 5.82 Å². The maximum absolute atomic E-state index is 14.1. The van der Waals surface area contributed by atoms with Crippen LogP contribution in [0.4, 0.5) is 4.39 Å². The van der Waals surface area contributed by atoms with Gasteiger partial charge in [-0.3, -0.25) is 9.59 Å². The predicted molar refractivity (Wildman–Crippen MR) is 96.5 cm³/mol. The summed E-state index contributed by atoms with van der Waals surface area (Å²) in [6, 6.07) is 11.2. The average molecular weight is 356 g/mol. The first kappa shape index (κ1) is 17.9. The molecular formula is C20H21FN2O3. The molecule has 1 aliphatic heterocycles. The summed E-state index contributed by atoms with van der Waals surface area (Å²) < 4.78 is 19.1. The predicted octanol–water partition coefficient (Wildman–Crippen LogP) is 2.85. The molecule has 0 aliphatic carbocycles. The third kappa shape index (κ3) is 4.02. The highest BCUT2D eigenvalue weighted by Crippen LogP contribution is 2.26. The second-order valence-electron chi connectivity index (χ2n) is 6.19. The van der Waals surface area contributed by atoms with Gasteiger partial charge >= 0.3 is 0 Å². The molecule has 26 heavy (non-hydrogen) atoms. The molecule has 1 N–H and O–H groups in total. The second kappa shape index (κ2) is 7.99. The van der Waals surface area contributed by atoms with Crippen molar-refractivity contribution < 1.29 is 18.7 Å². The van der Waals surface area contributed by atoms with Crippen LogP contribution in [-0.2, 0) is 4.79 Å². The number of nitrogens with zero attached hydrogens (tertiary/aromatic N) is 1. The molecular weight excluding hydrogens is 335 g/mol. The third-order valence-electron chi connectivity index (χ3n) is 4.49. The van der Waals surface area contributed by atoms with Crippen LogP contribution in [0.2, 0.25) is 0 Å². The fourth-order valence-corrected chi connectivity index (χ4v) is 2.99. The summed E-state index contributed by atoms with van der Waals surface area (Å²) >= 11 is 0. The maximum atomic E-state index is 14.1. The summed E-state index contributed by atoms with van der Waals surface area (Å²) in [5.74, 6) is -0.324. The summed E-state index contributed by atoms with van der Waals surface area (Å²) in [5, 5.41) is 2.64. The Morgan fingerprint density at radius 2 is 1.81 bits per heavy atom. The molecule has 0 aromatic heterocycles. The number of carbonyl (C=O) groups is 2. The molecule has 5 nitrogen and oxygen atoms in total. The van der Waals surface area contributed by atoms with E-state index in [9.17, 15) is 14.0 Å². The van der Waals surface area contributed by atoms with Crippen molar-refractivity contribution in [1.82, 2.24) is 10.2 Å². The zero-order chi connectivity index (χ0) is 18.5. The molecule has 0 saturated carbocycles. The van der Waals surface area contributed by atoms with Gasteiger partial charge in [-0.15, -0.1) is 0 Å². The minimum atomic E-state index is -0.391. The Labute approximate surface area is 151 Å². The number of likely N-dealkylation sites (tertiary alicyclic amines) is 1. The van der Waals surface area contributed by atoms with Gasteiger partial charge in [0.2, 0.25) is 5.91 Å². The number of hydrogen-bond acceptors (Lipinski definition) is 3. The summed E-state index contributed by atoms with van der Waals surface area (Å²) in [7, 11) is 1.48. The number of ether oxygens (including phenoxy) is 1. The molecule has 2 aromatic rings. The molecule has 0 spiro atoms. The standard InChI is InChI=1S/C20H21FN2O3/c1-26-16-8-9-17(18(21)12-16)14-4-6-15(7-5-14)20(25)22-13-19(24)23-10-2-3-11-23/h4-9,12H,2-3,10-11,13H2,1H3,(H,22,25). The van der Waals surface area contributed by atoms with Gasteiger partial charge in [-0.1, -0.05) is 12.1 Å². The maximum Gasteiger partial charge on any atom is 0.251 e. The van der Waals surface area contributed by atoms with Gasteiger partial charge in [0, 0.05) is 30.3 Å². The van der Waals surface area contributed by atoms with Crippen LogP contribution < -0.4 is 10.1 Å². The molecule has 1 fully saturated rings. The van der Waals surface area contributed by atoms with Gasteiger partial charge in [0.05, 0.1) is 13.7 Å². The van der Waals surface area contributed by atoms with Crippen molar-refractivity contribution in [1.29, 1.82) is 0 Å². The van der Waals surface area contributed by atoms with Crippen LogP contribution in [0.5, 0.6) is 5.75 Å². The van der Waals surface area contributed by atoms with Crippen LogP contribution >= 0.6 is 0 Å². The Balaban J connectivity index is 1.63. The Kier molecular flexibility index (Phi) is 5.51. The number of benzene rings is 2. The highest BCUT2D eigenvalue weighted by Gasteiger charge is 2.18. The first-order valence-corrected chi connectivity index (χ1v) is 8.58. The Morgan fingerprint density at radius 1 is 1.12 bits per heavy atom. The van der Waals surface area contributed by atoms with E-state index in [2.05, 4.69) is 5.32 Å². The lowest BCUT2D eigenvalue weighted by Gasteiger charge is -2.15. The molecule has 1 saturated heterocycles. The fourth-order valence-electron chi connectivity index (χ4n) is 2.99. The molecule has 0 radical (unpaired) electrons. The Bertz CT molecular complexity index is 799. The smallest absolute Gasteiger partial charge is 0.251 e. The largest absolute Gasteiger partial charge is 0.497 e. The van der Waals surface area contributed by atoms with Crippen LogP contribution in [0.15, 0.2) is 42.5 Å². The molecule has 136 valence electrons. The van der Waals surface area contributed by atoms with Crippen LogP contribution in [0.3, 0.4) is 0 Å². The first-order valence-electron chi connectivity index (χ1n) is 8.58. The van der Waals surface area contributed by atoms with Gasteiger partial charge < -0.3 is 15.0 Å². The number of nitrogens with one attached hydrogen (secondary N) is 1. The van der Waals surface area contributed by atoms with Gasteiger partial charge in [-0.2, -0.15) is 0 Å². The number of rotatable bonds is 5. The SMILES string of the molecule is COc1ccc(-c2ccc(C(=O)NCC(=O)N3CCCC3)cc2)c(F)c1. The van der Waals surface area contributed by atoms with Gasteiger partial charge in [0.15, 0.2) is 0 Å². The van der Waals surface area contributed by atoms with Gasteiger partial charge in [-0.05, 0) is 42.7 Å². The number of carbonyl (C=O) groups excluding carboxylic acids is 2. The fraction of sp³-hybridized carbons (Fsp3) is 0.300. The highest BCUT2D eigenvalue weighted by atomic mass is 19.1. The third-order valence-corrected chi connectivity index (χ3v) is 4.49. The van der Waals surface area contributed by atoms with E-state index in [4.69, 9.17) is 4.74 Å². The van der Waals surface area contributed by atoms with E-state index in [1.54, 1.807) is 41.3 Å². The van der Waals surface area contributed by atoms with Crippen molar-refractivity contribution in [3.05, 3.63) is 53.8 Å². The summed E-state index contributed by atoms with van der Waals surface area (Å²) in [6.45, 7) is 1.52. The minimum Gasteiger partial charge on any atom is -0.497 e. The lowest BCUT2D eigenvalue weighted by Crippen LogP contribution is -2.38. The number of methoxy groups -OCH3 is 1. The van der Waals surface area contributed by atoms with Crippen molar-refractivity contribution in [2.75, 3.05) is 26.7 Å². The van der Waals surface area contributed by atoms with E-state index in [-0.39, 0.29) is 18.4 Å². The lowest BCUT2D eigenvalue weighted by atomic mass is 10.0. The minimum absolute atomic E-state index is 0.00626. The van der Waals surface area contributed by atoms with E-state index >= 15 is 0 Å². The molecule has 1 aliphatic rings. The summed E-state index contributed by atoms with van der Waals surface area (Å²) in [5.41, 5.74) is 1.52. The second-order valence-corrected chi connectivity index (χ2v) is 6.19. The number of halogens is 1. The normalized spacial score (nSPS) is 13.5. The van der Waals surface area contributed by atoms with Crippen molar-refractivity contribution >= 4 is 11.8 Å². The van der Waals surface area contributed by atoms with Crippen LogP contribution in [-0.4, -0.2) is 43.5 Å². The van der Waals surface area contributed by atoms with Crippen molar-refractivity contribution in [3.8, 4) is 16.9 Å². The zero-order valence-corrected chi connectivity index (χ0v) is 14.6. The van der Waals surface area contributed by atoms with Crippen molar-refractivity contribution in [2.24, 2.45) is 0 Å².